The monoisotopic (exact) mass is 495 g/mol. The smallest absolute Gasteiger partial charge is 0.345 e. The second-order valence-corrected chi connectivity index (χ2v) is 7.64. The Hall–Kier alpha value is -2.77. The minimum absolute atomic E-state index is 0.0709. The number of benzene rings is 1. The molecule has 13 heteroatoms. The van der Waals surface area contributed by atoms with Crippen LogP contribution >= 0.6 is 0 Å². The van der Waals surface area contributed by atoms with Crippen molar-refractivity contribution >= 4 is 17.8 Å². The third-order valence-electron chi connectivity index (χ3n) is 4.29. The lowest BCUT2D eigenvalue weighted by Crippen LogP contribution is -2.56. The van der Waals surface area contributed by atoms with Crippen LogP contribution in [0.2, 0.25) is 0 Å². The Bertz CT molecular complexity index is 770. The lowest BCUT2D eigenvalue weighted by Gasteiger charge is -2.24. The molecule has 1 aromatic carbocycles. The molecular formula is C21H29F4N3O6. The van der Waals surface area contributed by atoms with E-state index in [0.717, 1.165) is 0 Å². The van der Waals surface area contributed by atoms with E-state index >= 15 is 0 Å². The fourth-order valence-electron chi connectivity index (χ4n) is 2.67. The Labute approximate surface area is 194 Å². The van der Waals surface area contributed by atoms with Gasteiger partial charge in [0, 0.05) is 0 Å². The molecule has 0 bridgehead atoms. The summed E-state index contributed by atoms with van der Waals surface area (Å²) in [5.41, 5.74) is 6.12. The van der Waals surface area contributed by atoms with Gasteiger partial charge in [-0.2, -0.15) is 17.6 Å². The van der Waals surface area contributed by atoms with Crippen LogP contribution in [0.25, 0.3) is 0 Å². The van der Waals surface area contributed by atoms with Gasteiger partial charge in [0.2, 0.25) is 11.8 Å². The molecule has 9 nitrogen and oxygen atoms in total. The van der Waals surface area contributed by atoms with E-state index in [-0.39, 0.29) is 18.9 Å². The first-order valence-corrected chi connectivity index (χ1v) is 10.4. The number of ether oxygens (including phenoxy) is 3. The van der Waals surface area contributed by atoms with Crippen LogP contribution in [0.5, 0.6) is 0 Å². The van der Waals surface area contributed by atoms with Crippen molar-refractivity contribution in [1.29, 1.82) is 0 Å². The molecule has 1 rings (SSSR count). The van der Waals surface area contributed by atoms with Gasteiger partial charge in [-0.1, -0.05) is 44.2 Å². The number of halogens is 4. The van der Waals surface area contributed by atoms with Crippen molar-refractivity contribution in [3.8, 4) is 0 Å². The summed E-state index contributed by atoms with van der Waals surface area (Å²) in [5, 5.41) is 4.53. The summed E-state index contributed by atoms with van der Waals surface area (Å²) in [4.78, 5) is 37.4. The van der Waals surface area contributed by atoms with Crippen LogP contribution in [0.15, 0.2) is 30.3 Å². The molecule has 0 radical (unpaired) electrons. The Morgan fingerprint density at radius 1 is 0.882 bits per heavy atom. The van der Waals surface area contributed by atoms with E-state index in [4.69, 9.17) is 10.5 Å². The average molecular weight is 495 g/mol. The van der Waals surface area contributed by atoms with E-state index in [9.17, 15) is 31.9 Å². The number of alkyl halides is 4. The largest absolute Gasteiger partial charge is 0.459 e. The van der Waals surface area contributed by atoms with Crippen LogP contribution in [0.4, 0.5) is 17.6 Å². The molecule has 0 aliphatic rings. The zero-order valence-corrected chi connectivity index (χ0v) is 18.7. The zero-order valence-electron chi connectivity index (χ0n) is 18.7. The lowest BCUT2D eigenvalue weighted by molar-refractivity contribution is -0.161. The molecule has 0 aliphatic carbocycles. The Morgan fingerprint density at radius 3 is 2.00 bits per heavy atom. The summed E-state index contributed by atoms with van der Waals surface area (Å²) < 4.78 is 62.7. The minimum Gasteiger partial charge on any atom is -0.459 e. The number of amides is 2. The second kappa shape index (κ2) is 15.2. The van der Waals surface area contributed by atoms with Crippen molar-refractivity contribution in [2.45, 2.75) is 58.2 Å². The summed E-state index contributed by atoms with van der Waals surface area (Å²) >= 11 is 0. The predicted octanol–water partition coefficient (Wildman–Crippen LogP) is 1.55. The van der Waals surface area contributed by atoms with Crippen LogP contribution < -0.4 is 16.4 Å². The van der Waals surface area contributed by atoms with Crippen molar-refractivity contribution in [1.82, 2.24) is 10.6 Å². The highest BCUT2D eigenvalue weighted by atomic mass is 19.3. The number of rotatable bonds is 15. The first-order valence-electron chi connectivity index (χ1n) is 10.4. The molecule has 192 valence electrons. The van der Waals surface area contributed by atoms with Gasteiger partial charge in [-0.15, -0.1) is 0 Å². The molecule has 0 heterocycles. The third-order valence-corrected chi connectivity index (χ3v) is 4.29. The van der Waals surface area contributed by atoms with Crippen LogP contribution in [0.3, 0.4) is 0 Å². The average Bonchev–Trinajstić information content (AvgIpc) is 2.78. The molecule has 0 spiro atoms. The quantitative estimate of drug-likeness (QED) is 0.249. The van der Waals surface area contributed by atoms with Gasteiger partial charge in [0.15, 0.2) is 6.04 Å². The van der Waals surface area contributed by atoms with Crippen LogP contribution in [0, 0.1) is 5.92 Å². The van der Waals surface area contributed by atoms with Crippen LogP contribution in [-0.4, -0.2) is 62.3 Å². The van der Waals surface area contributed by atoms with E-state index in [1.54, 1.807) is 44.2 Å². The number of carbonyl (C=O) groups is 3. The zero-order chi connectivity index (χ0) is 25.7. The standard InChI is InChI=1S/C21H29F4N3O6/c1-12(2)8-15(27-17(29)14(26)10-33-20(22)23)18(30)28-16(11-34-21(24)25)19(31)32-9-13-6-4-3-5-7-13/h3-7,12,14-16,20-21H,8-11,26H2,1-2H3,(H,27,29)(H,28,30)/t14-,15-,16-/m0/s1. The van der Waals surface area contributed by atoms with E-state index < -0.39 is 62.3 Å². The number of hydrogen-bond donors (Lipinski definition) is 3. The first-order chi connectivity index (χ1) is 16.0. The molecule has 0 fully saturated rings. The number of hydrogen-bond acceptors (Lipinski definition) is 7. The molecule has 0 unspecified atom stereocenters. The fourth-order valence-corrected chi connectivity index (χ4v) is 2.67. The topological polar surface area (TPSA) is 129 Å². The maximum Gasteiger partial charge on any atom is 0.345 e. The second-order valence-electron chi connectivity index (χ2n) is 7.64. The SMILES string of the molecule is CC(C)C[C@H](NC(=O)[C@@H](N)COC(F)F)C(=O)N[C@@H](COC(F)F)C(=O)OCc1ccccc1. The maximum absolute atomic E-state index is 12.8. The minimum atomic E-state index is -3.21. The van der Waals surface area contributed by atoms with E-state index in [1.807, 2.05) is 0 Å². The molecule has 2 amide bonds. The lowest BCUT2D eigenvalue weighted by atomic mass is 10.0. The molecular weight excluding hydrogens is 466 g/mol. The highest BCUT2D eigenvalue weighted by molar-refractivity contribution is 5.92. The maximum atomic E-state index is 12.8. The molecule has 3 atom stereocenters. The molecule has 4 N–H and O–H groups in total. The van der Waals surface area contributed by atoms with E-state index in [1.165, 1.54) is 0 Å². The van der Waals surface area contributed by atoms with Gasteiger partial charge in [-0.25, -0.2) is 4.79 Å². The van der Waals surface area contributed by atoms with Crippen molar-refractivity contribution in [3.05, 3.63) is 35.9 Å². The van der Waals surface area contributed by atoms with Crippen molar-refractivity contribution in [3.63, 3.8) is 0 Å². The van der Waals surface area contributed by atoms with E-state index in [0.29, 0.717) is 5.56 Å². The summed E-state index contributed by atoms with van der Waals surface area (Å²) in [6, 6.07) is 4.16. The predicted molar refractivity (Wildman–Crippen MR) is 111 cm³/mol. The summed E-state index contributed by atoms with van der Waals surface area (Å²) in [6.07, 6.45) is 0.0709. The van der Waals surface area contributed by atoms with Gasteiger partial charge in [0.1, 0.15) is 18.7 Å². The molecule has 34 heavy (non-hydrogen) atoms. The highest BCUT2D eigenvalue weighted by Crippen LogP contribution is 2.08. The van der Waals surface area contributed by atoms with E-state index in [2.05, 4.69) is 20.1 Å². The highest BCUT2D eigenvalue weighted by Gasteiger charge is 2.30. The molecule has 0 aromatic heterocycles. The normalized spacial score (nSPS) is 14.1. The van der Waals surface area contributed by atoms with Crippen molar-refractivity contribution < 1.29 is 46.2 Å². The van der Waals surface area contributed by atoms with Crippen molar-refractivity contribution in [2.75, 3.05) is 13.2 Å². The number of carbonyl (C=O) groups excluding carboxylic acids is 3. The summed E-state index contributed by atoms with van der Waals surface area (Å²) in [7, 11) is 0. The molecule has 0 aliphatic heterocycles. The third kappa shape index (κ3) is 11.9. The number of esters is 1. The van der Waals surface area contributed by atoms with Gasteiger partial charge in [0.05, 0.1) is 13.2 Å². The summed E-state index contributed by atoms with van der Waals surface area (Å²) in [6.45, 7) is -4.73. The Balaban J connectivity index is 2.85. The van der Waals surface area contributed by atoms with Gasteiger partial charge in [-0.05, 0) is 17.9 Å². The summed E-state index contributed by atoms with van der Waals surface area (Å²) in [5.74, 6) is -3.02. The first kappa shape index (κ1) is 29.3. The van der Waals surface area contributed by atoms with Gasteiger partial charge in [0.25, 0.3) is 0 Å². The molecule has 0 saturated carbocycles. The van der Waals surface area contributed by atoms with Gasteiger partial charge in [-0.3, -0.25) is 9.59 Å². The van der Waals surface area contributed by atoms with Gasteiger partial charge < -0.3 is 30.6 Å². The number of nitrogens with two attached hydrogens (primary N) is 1. The van der Waals surface area contributed by atoms with Crippen LogP contribution in [-0.2, 0) is 35.2 Å². The Kier molecular flexibility index (Phi) is 13.1. The molecule has 1 aromatic rings. The number of nitrogens with one attached hydrogen (secondary N) is 2. The van der Waals surface area contributed by atoms with Crippen LogP contribution in [0.1, 0.15) is 25.8 Å². The fraction of sp³-hybridized carbons (Fsp3) is 0.571. The molecule has 0 saturated heterocycles. The van der Waals surface area contributed by atoms with Crippen molar-refractivity contribution in [2.24, 2.45) is 11.7 Å². The van der Waals surface area contributed by atoms with Gasteiger partial charge >= 0.3 is 19.2 Å². The Morgan fingerprint density at radius 2 is 1.44 bits per heavy atom.